The van der Waals surface area contributed by atoms with E-state index in [0.29, 0.717) is 12.1 Å². The Kier molecular flexibility index (Phi) is 9.42. The molecule has 0 radical (unpaired) electrons. The number of hydrogen-bond acceptors (Lipinski definition) is 3. The maximum Gasteiger partial charge on any atom is 0.191 e. The van der Waals surface area contributed by atoms with Gasteiger partial charge in [0.05, 0.1) is 0 Å². The summed E-state index contributed by atoms with van der Waals surface area (Å²) in [6.45, 7) is 14.4. The highest BCUT2D eigenvalue weighted by Gasteiger charge is 2.21. The molecule has 0 spiro atoms. The lowest BCUT2D eigenvalue weighted by Gasteiger charge is -2.35. The van der Waals surface area contributed by atoms with E-state index in [1.165, 1.54) is 25.9 Å². The van der Waals surface area contributed by atoms with Crippen molar-refractivity contribution >= 4 is 5.96 Å². The molecule has 1 heterocycles. The lowest BCUT2D eigenvalue weighted by atomic mass is 10.0. The lowest BCUT2D eigenvalue weighted by Crippen LogP contribution is -2.49. The molecule has 0 atom stereocenters. The van der Waals surface area contributed by atoms with Gasteiger partial charge in [0.1, 0.15) is 0 Å². The first-order valence-electron chi connectivity index (χ1n) is 8.54. The second-order valence-electron chi connectivity index (χ2n) is 5.86. The average Bonchev–Trinajstić information content (AvgIpc) is 2.47. The van der Waals surface area contributed by atoms with Crippen LogP contribution in [0, 0.1) is 0 Å². The molecule has 0 saturated carbocycles. The van der Waals surface area contributed by atoms with Gasteiger partial charge >= 0.3 is 0 Å². The standard InChI is InChI=1S/C16H34N4O/c1-5-17-16(18-10-7-13-21-6-2)19-15-8-11-20(12-9-15)14(3)4/h14-15H,5-13H2,1-4H3,(H2,17,18,19). The molecule has 1 saturated heterocycles. The van der Waals surface area contributed by atoms with Crippen molar-refractivity contribution in [3.8, 4) is 0 Å². The molecule has 0 aromatic heterocycles. The van der Waals surface area contributed by atoms with Gasteiger partial charge in [-0.15, -0.1) is 0 Å². The van der Waals surface area contributed by atoms with Crippen molar-refractivity contribution in [2.45, 2.75) is 59.0 Å². The molecule has 0 bridgehead atoms. The van der Waals surface area contributed by atoms with Crippen molar-refractivity contribution in [1.82, 2.24) is 15.5 Å². The molecule has 1 rings (SSSR count). The second-order valence-corrected chi connectivity index (χ2v) is 5.86. The minimum atomic E-state index is 0.546. The highest BCUT2D eigenvalue weighted by molar-refractivity contribution is 5.80. The molecule has 1 aliphatic rings. The number of likely N-dealkylation sites (tertiary alicyclic amines) is 1. The van der Waals surface area contributed by atoms with E-state index in [2.05, 4.69) is 41.3 Å². The fourth-order valence-corrected chi connectivity index (χ4v) is 2.58. The molecule has 0 aromatic rings. The van der Waals surface area contributed by atoms with Crippen LogP contribution in [0.1, 0.15) is 47.0 Å². The summed E-state index contributed by atoms with van der Waals surface area (Å²) in [7, 11) is 0. The molecule has 21 heavy (non-hydrogen) atoms. The zero-order valence-electron chi connectivity index (χ0n) is 14.3. The Bertz CT molecular complexity index is 286. The van der Waals surface area contributed by atoms with Crippen molar-refractivity contribution in [3.63, 3.8) is 0 Å². The first-order chi connectivity index (χ1) is 10.2. The third-order valence-electron chi connectivity index (χ3n) is 3.87. The monoisotopic (exact) mass is 298 g/mol. The number of rotatable bonds is 8. The highest BCUT2D eigenvalue weighted by atomic mass is 16.5. The molecule has 0 amide bonds. The number of aliphatic imine (C=N–C) groups is 1. The van der Waals surface area contributed by atoms with E-state index in [4.69, 9.17) is 4.74 Å². The normalized spacial score (nSPS) is 18.2. The van der Waals surface area contributed by atoms with Gasteiger partial charge in [-0.05, 0) is 47.0 Å². The quantitative estimate of drug-likeness (QED) is 0.408. The highest BCUT2D eigenvalue weighted by Crippen LogP contribution is 2.12. The van der Waals surface area contributed by atoms with Crippen molar-refractivity contribution in [2.24, 2.45) is 4.99 Å². The van der Waals surface area contributed by atoms with Gasteiger partial charge in [-0.1, -0.05) is 0 Å². The van der Waals surface area contributed by atoms with Crippen LogP contribution in [-0.2, 0) is 4.74 Å². The number of hydrogen-bond donors (Lipinski definition) is 2. The summed E-state index contributed by atoms with van der Waals surface area (Å²) in [5.41, 5.74) is 0. The van der Waals surface area contributed by atoms with Crippen molar-refractivity contribution in [2.75, 3.05) is 39.4 Å². The van der Waals surface area contributed by atoms with E-state index in [-0.39, 0.29) is 0 Å². The minimum absolute atomic E-state index is 0.546. The first kappa shape index (κ1) is 18.2. The summed E-state index contributed by atoms with van der Waals surface area (Å²) in [4.78, 5) is 7.18. The summed E-state index contributed by atoms with van der Waals surface area (Å²) in [6, 6.07) is 1.20. The Morgan fingerprint density at radius 2 is 2.00 bits per heavy atom. The van der Waals surface area contributed by atoms with Crippen LogP contribution in [0.2, 0.25) is 0 Å². The number of nitrogens with one attached hydrogen (secondary N) is 2. The van der Waals surface area contributed by atoms with Crippen LogP contribution < -0.4 is 10.6 Å². The predicted molar refractivity (Wildman–Crippen MR) is 90.0 cm³/mol. The van der Waals surface area contributed by atoms with Crippen LogP contribution >= 0.6 is 0 Å². The number of piperidine rings is 1. The Morgan fingerprint density at radius 3 is 2.57 bits per heavy atom. The van der Waals surface area contributed by atoms with Gasteiger partial charge in [0.15, 0.2) is 5.96 Å². The van der Waals surface area contributed by atoms with E-state index in [9.17, 15) is 0 Å². The van der Waals surface area contributed by atoms with Gasteiger partial charge in [-0.25, -0.2) is 0 Å². The van der Waals surface area contributed by atoms with E-state index in [1.807, 2.05) is 6.92 Å². The smallest absolute Gasteiger partial charge is 0.191 e. The molecule has 0 aromatic carbocycles. The summed E-state index contributed by atoms with van der Waals surface area (Å²) in [5, 5.41) is 6.92. The van der Waals surface area contributed by atoms with Crippen LogP contribution in [0.3, 0.4) is 0 Å². The van der Waals surface area contributed by atoms with Crippen LogP contribution in [0.15, 0.2) is 4.99 Å². The third-order valence-corrected chi connectivity index (χ3v) is 3.87. The molecule has 1 aliphatic heterocycles. The fraction of sp³-hybridized carbons (Fsp3) is 0.938. The number of ether oxygens (including phenoxy) is 1. The number of guanidine groups is 1. The largest absolute Gasteiger partial charge is 0.382 e. The van der Waals surface area contributed by atoms with Crippen LogP contribution in [0.4, 0.5) is 0 Å². The molecular formula is C16H34N4O. The zero-order valence-corrected chi connectivity index (χ0v) is 14.3. The third kappa shape index (κ3) is 7.67. The molecule has 5 heteroatoms. The second kappa shape index (κ2) is 10.9. The van der Waals surface area contributed by atoms with Gasteiger partial charge in [-0.2, -0.15) is 0 Å². The maximum atomic E-state index is 5.34. The van der Waals surface area contributed by atoms with Gasteiger partial charge in [0, 0.05) is 51.5 Å². The van der Waals surface area contributed by atoms with Crippen molar-refractivity contribution < 1.29 is 4.74 Å². The van der Waals surface area contributed by atoms with E-state index in [1.54, 1.807) is 0 Å². The lowest BCUT2D eigenvalue weighted by molar-refractivity contribution is 0.146. The van der Waals surface area contributed by atoms with Crippen molar-refractivity contribution in [1.29, 1.82) is 0 Å². The topological polar surface area (TPSA) is 48.9 Å². The summed E-state index contributed by atoms with van der Waals surface area (Å²) in [5.74, 6) is 0.956. The van der Waals surface area contributed by atoms with Gasteiger partial charge in [0.25, 0.3) is 0 Å². The number of nitrogens with zero attached hydrogens (tertiary/aromatic N) is 2. The average molecular weight is 298 g/mol. The molecule has 5 nitrogen and oxygen atoms in total. The van der Waals surface area contributed by atoms with Crippen LogP contribution in [0.25, 0.3) is 0 Å². The Morgan fingerprint density at radius 1 is 1.29 bits per heavy atom. The van der Waals surface area contributed by atoms with E-state index < -0.39 is 0 Å². The summed E-state index contributed by atoms with van der Waals surface area (Å²) < 4.78 is 5.34. The Balaban J connectivity index is 2.31. The molecule has 0 aliphatic carbocycles. The van der Waals surface area contributed by atoms with Gasteiger partial charge in [0.2, 0.25) is 0 Å². The molecule has 0 unspecified atom stereocenters. The SMILES string of the molecule is CCNC(=NCCCOCC)NC1CCN(C(C)C)CC1. The Hall–Kier alpha value is -0.810. The molecule has 2 N–H and O–H groups in total. The fourth-order valence-electron chi connectivity index (χ4n) is 2.58. The Labute approximate surface area is 130 Å². The summed E-state index contributed by atoms with van der Waals surface area (Å²) in [6.07, 6.45) is 3.37. The molecule has 1 fully saturated rings. The van der Waals surface area contributed by atoms with E-state index in [0.717, 1.165) is 38.7 Å². The molecular weight excluding hydrogens is 264 g/mol. The van der Waals surface area contributed by atoms with E-state index >= 15 is 0 Å². The first-order valence-corrected chi connectivity index (χ1v) is 8.54. The van der Waals surface area contributed by atoms with Gasteiger partial charge < -0.3 is 20.3 Å². The summed E-state index contributed by atoms with van der Waals surface area (Å²) >= 11 is 0. The van der Waals surface area contributed by atoms with Crippen molar-refractivity contribution in [3.05, 3.63) is 0 Å². The van der Waals surface area contributed by atoms with Gasteiger partial charge in [-0.3, -0.25) is 4.99 Å². The maximum absolute atomic E-state index is 5.34. The minimum Gasteiger partial charge on any atom is -0.382 e. The van der Waals surface area contributed by atoms with Crippen LogP contribution in [0.5, 0.6) is 0 Å². The van der Waals surface area contributed by atoms with Crippen LogP contribution in [-0.4, -0.2) is 62.3 Å². The zero-order chi connectivity index (χ0) is 15.5. The molecule has 124 valence electrons. The predicted octanol–water partition coefficient (Wildman–Crippen LogP) is 1.84.